The Balaban J connectivity index is 2.18. The number of methoxy groups -OCH3 is 1. The highest BCUT2D eigenvalue weighted by atomic mass is 35.5. The van der Waals surface area contributed by atoms with Crippen LogP contribution in [0.1, 0.15) is 11.3 Å². The third-order valence-electron chi connectivity index (χ3n) is 2.67. The normalized spacial score (nSPS) is 10.8. The average molecular weight is 327 g/mol. The first-order chi connectivity index (χ1) is 10.1. The van der Waals surface area contributed by atoms with Crippen molar-refractivity contribution in [1.82, 2.24) is 9.78 Å². The van der Waals surface area contributed by atoms with Crippen LogP contribution in [0.5, 0.6) is 0 Å². The highest BCUT2D eigenvalue weighted by molar-refractivity contribution is 7.99. The second-order valence-electron chi connectivity index (χ2n) is 4.37. The first kappa shape index (κ1) is 15.9. The molecule has 0 radical (unpaired) electrons. The van der Waals surface area contributed by atoms with Gasteiger partial charge in [0.05, 0.1) is 29.6 Å². The summed E-state index contributed by atoms with van der Waals surface area (Å²) >= 11 is 7.11. The van der Waals surface area contributed by atoms with E-state index in [-0.39, 0.29) is 5.75 Å². The van der Waals surface area contributed by atoms with Crippen LogP contribution in [0.3, 0.4) is 0 Å². The van der Waals surface area contributed by atoms with E-state index in [1.807, 2.05) is 30.3 Å². The van der Waals surface area contributed by atoms with Gasteiger partial charge >= 0.3 is 5.97 Å². The van der Waals surface area contributed by atoms with Crippen LogP contribution in [0.2, 0.25) is 5.02 Å². The fourth-order valence-corrected chi connectivity index (χ4v) is 2.67. The van der Waals surface area contributed by atoms with Gasteiger partial charge in [0.25, 0.3) is 0 Å². The van der Waals surface area contributed by atoms with Crippen molar-refractivity contribution in [2.24, 2.45) is 0 Å². The zero-order valence-corrected chi connectivity index (χ0v) is 13.0. The van der Waals surface area contributed by atoms with Gasteiger partial charge in [-0.05, 0) is 23.8 Å². The lowest BCUT2D eigenvalue weighted by molar-refractivity contribution is -0.133. The molecule has 7 heteroatoms. The Hall–Kier alpha value is -1.50. The molecule has 0 amide bonds. The summed E-state index contributed by atoms with van der Waals surface area (Å²) in [5.74, 6) is -0.855. The number of carboxylic acids is 1. The maximum absolute atomic E-state index is 10.7. The molecule has 0 atom stereocenters. The molecule has 1 aromatic heterocycles. The minimum atomic E-state index is -0.854. The van der Waals surface area contributed by atoms with Gasteiger partial charge < -0.3 is 9.84 Å². The number of hydrogen-bond acceptors (Lipinski definition) is 4. The average Bonchev–Trinajstić information content (AvgIpc) is 2.81. The van der Waals surface area contributed by atoms with Gasteiger partial charge in [-0.25, -0.2) is 0 Å². The van der Waals surface area contributed by atoms with E-state index in [1.165, 1.54) is 11.8 Å². The van der Waals surface area contributed by atoms with E-state index in [2.05, 4.69) is 5.10 Å². The zero-order valence-electron chi connectivity index (χ0n) is 11.5. The van der Waals surface area contributed by atoms with Crippen molar-refractivity contribution < 1.29 is 14.6 Å². The van der Waals surface area contributed by atoms with Crippen molar-refractivity contribution in [2.45, 2.75) is 18.2 Å². The number of aliphatic carboxylic acids is 1. The molecule has 0 bridgehead atoms. The van der Waals surface area contributed by atoms with Crippen LogP contribution < -0.4 is 0 Å². The van der Waals surface area contributed by atoms with E-state index < -0.39 is 5.97 Å². The third kappa shape index (κ3) is 4.77. The van der Waals surface area contributed by atoms with Crippen LogP contribution in [-0.2, 0) is 22.7 Å². The molecule has 0 saturated carbocycles. The second-order valence-corrected chi connectivity index (χ2v) is 5.81. The molecule has 0 spiro atoms. The summed E-state index contributed by atoms with van der Waals surface area (Å²) in [5.41, 5.74) is 1.82. The van der Waals surface area contributed by atoms with Crippen molar-refractivity contribution in [3.05, 3.63) is 46.6 Å². The summed E-state index contributed by atoms with van der Waals surface area (Å²) in [6.07, 6.45) is 0. The number of halogens is 1. The molecule has 2 aromatic rings. The Morgan fingerprint density at radius 2 is 2.14 bits per heavy atom. The van der Waals surface area contributed by atoms with Crippen LogP contribution in [0.15, 0.2) is 35.4 Å². The van der Waals surface area contributed by atoms with Crippen molar-refractivity contribution in [3.63, 3.8) is 0 Å². The van der Waals surface area contributed by atoms with Gasteiger partial charge in [-0.3, -0.25) is 9.48 Å². The first-order valence-corrected chi connectivity index (χ1v) is 7.59. The summed E-state index contributed by atoms with van der Waals surface area (Å²) in [6.45, 7) is 0.955. The molecule has 1 N–H and O–H groups in total. The number of hydrogen-bond donors (Lipinski definition) is 1. The van der Waals surface area contributed by atoms with E-state index >= 15 is 0 Å². The monoisotopic (exact) mass is 326 g/mol. The minimum Gasteiger partial charge on any atom is -0.481 e. The van der Waals surface area contributed by atoms with Gasteiger partial charge in [-0.15, -0.1) is 0 Å². The maximum Gasteiger partial charge on any atom is 0.313 e. The smallest absolute Gasteiger partial charge is 0.313 e. The first-order valence-electron chi connectivity index (χ1n) is 6.23. The number of aromatic nitrogens is 2. The molecule has 5 nitrogen and oxygen atoms in total. The standard InChI is InChI=1S/C14H15ClN2O3S/c1-20-8-12-6-13(21-9-14(18)19)17(16-12)7-10-2-4-11(15)5-3-10/h2-6H,7-9H2,1H3,(H,18,19). The summed E-state index contributed by atoms with van der Waals surface area (Å²) in [4.78, 5) is 10.7. The van der Waals surface area contributed by atoms with E-state index in [0.29, 0.717) is 18.2 Å². The maximum atomic E-state index is 10.7. The molecule has 112 valence electrons. The quantitative estimate of drug-likeness (QED) is 0.793. The minimum absolute atomic E-state index is 0.00126. The highest BCUT2D eigenvalue weighted by Crippen LogP contribution is 2.21. The third-order valence-corrected chi connectivity index (χ3v) is 3.94. The van der Waals surface area contributed by atoms with E-state index in [9.17, 15) is 4.79 Å². The number of rotatable bonds is 7. The molecule has 0 fully saturated rings. The number of carbonyl (C=O) groups is 1. The molecule has 0 aliphatic heterocycles. The van der Waals surface area contributed by atoms with Crippen molar-refractivity contribution in [2.75, 3.05) is 12.9 Å². The lowest BCUT2D eigenvalue weighted by Gasteiger charge is -2.06. The lowest BCUT2D eigenvalue weighted by Crippen LogP contribution is -2.05. The Labute approximate surface area is 131 Å². The molecular weight excluding hydrogens is 312 g/mol. The SMILES string of the molecule is COCc1cc(SCC(=O)O)n(Cc2ccc(Cl)cc2)n1. The molecular formula is C14H15ClN2O3S. The van der Waals surface area contributed by atoms with Gasteiger partial charge in [0.2, 0.25) is 0 Å². The van der Waals surface area contributed by atoms with Gasteiger partial charge in [0.1, 0.15) is 0 Å². The molecule has 1 heterocycles. The fraction of sp³-hybridized carbons (Fsp3) is 0.286. The van der Waals surface area contributed by atoms with E-state index in [4.69, 9.17) is 21.4 Å². The molecule has 0 unspecified atom stereocenters. The topological polar surface area (TPSA) is 64.3 Å². The summed E-state index contributed by atoms with van der Waals surface area (Å²) < 4.78 is 6.85. The summed E-state index contributed by atoms with van der Waals surface area (Å²) in [6, 6.07) is 9.34. The number of nitrogens with zero attached hydrogens (tertiary/aromatic N) is 2. The van der Waals surface area contributed by atoms with E-state index in [1.54, 1.807) is 11.8 Å². The molecule has 1 aromatic carbocycles. The van der Waals surface area contributed by atoms with Gasteiger partial charge in [-0.1, -0.05) is 35.5 Å². The Bertz CT molecular complexity index is 613. The Morgan fingerprint density at radius 3 is 2.76 bits per heavy atom. The van der Waals surface area contributed by atoms with Crippen LogP contribution in [0.25, 0.3) is 0 Å². The molecule has 0 aliphatic rings. The summed E-state index contributed by atoms with van der Waals surface area (Å²) in [7, 11) is 1.60. The number of thioether (sulfide) groups is 1. The van der Waals surface area contributed by atoms with Crippen molar-refractivity contribution in [1.29, 1.82) is 0 Å². The lowest BCUT2D eigenvalue weighted by atomic mass is 10.2. The predicted molar refractivity (Wildman–Crippen MR) is 81.9 cm³/mol. The highest BCUT2D eigenvalue weighted by Gasteiger charge is 2.11. The second kappa shape index (κ2) is 7.49. The molecule has 0 saturated heterocycles. The van der Waals surface area contributed by atoms with Gasteiger partial charge in [-0.2, -0.15) is 5.10 Å². The van der Waals surface area contributed by atoms with Crippen LogP contribution in [0.4, 0.5) is 0 Å². The fourth-order valence-electron chi connectivity index (χ4n) is 1.80. The number of benzene rings is 1. The Morgan fingerprint density at radius 1 is 1.43 bits per heavy atom. The molecule has 21 heavy (non-hydrogen) atoms. The van der Waals surface area contributed by atoms with Crippen LogP contribution in [0, 0.1) is 0 Å². The van der Waals surface area contributed by atoms with E-state index in [0.717, 1.165) is 16.3 Å². The molecule has 0 aliphatic carbocycles. The summed E-state index contributed by atoms with van der Waals surface area (Å²) in [5, 5.41) is 14.7. The predicted octanol–water partition coefficient (Wildman–Crippen LogP) is 2.91. The number of carboxylic acid groups (broad SMARTS) is 1. The Kier molecular flexibility index (Phi) is 5.67. The largest absolute Gasteiger partial charge is 0.481 e. The van der Waals surface area contributed by atoms with Crippen molar-refractivity contribution >= 4 is 29.3 Å². The zero-order chi connectivity index (χ0) is 15.2. The van der Waals surface area contributed by atoms with Crippen molar-refractivity contribution in [3.8, 4) is 0 Å². The van der Waals surface area contributed by atoms with Crippen LogP contribution in [-0.4, -0.2) is 33.7 Å². The van der Waals surface area contributed by atoms with Gasteiger partial charge in [0, 0.05) is 12.1 Å². The number of ether oxygens (including phenoxy) is 1. The van der Waals surface area contributed by atoms with Crippen LogP contribution >= 0.6 is 23.4 Å². The van der Waals surface area contributed by atoms with Gasteiger partial charge in [0.15, 0.2) is 0 Å². The molecule has 2 rings (SSSR count).